The standard InChI is InChI=1S/C11H7BrN2/c1-2-13-10-3-4-11-8(6-10)5-9(12)7-14-11/h1,3-7,13H. The predicted molar refractivity (Wildman–Crippen MR) is 61.9 cm³/mol. The van der Waals surface area contributed by atoms with Crippen molar-refractivity contribution in [2.45, 2.75) is 0 Å². The SMILES string of the molecule is C#CNc1ccc2ncc(Br)cc2c1. The van der Waals surface area contributed by atoms with E-state index in [9.17, 15) is 0 Å². The number of fused-ring (bicyclic) bond motifs is 1. The maximum Gasteiger partial charge on any atom is 0.0704 e. The van der Waals surface area contributed by atoms with Crippen molar-refractivity contribution < 1.29 is 0 Å². The molecule has 1 aromatic carbocycles. The number of anilines is 1. The van der Waals surface area contributed by atoms with Gasteiger partial charge in [-0.3, -0.25) is 4.98 Å². The van der Waals surface area contributed by atoms with E-state index in [1.54, 1.807) is 6.20 Å². The molecule has 0 saturated carbocycles. The molecular weight excluding hydrogens is 240 g/mol. The summed E-state index contributed by atoms with van der Waals surface area (Å²) < 4.78 is 0.961. The van der Waals surface area contributed by atoms with Gasteiger partial charge in [-0.2, -0.15) is 0 Å². The first-order valence-electron chi connectivity index (χ1n) is 4.06. The zero-order valence-corrected chi connectivity index (χ0v) is 8.88. The molecule has 68 valence electrons. The number of hydrogen-bond donors (Lipinski definition) is 1. The fourth-order valence-electron chi connectivity index (χ4n) is 1.27. The molecule has 0 amide bonds. The number of nitrogens with one attached hydrogen (secondary N) is 1. The number of terminal acetylenes is 1. The molecule has 0 bridgehead atoms. The Bertz CT molecular complexity index is 514. The molecule has 1 aromatic heterocycles. The van der Waals surface area contributed by atoms with E-state index in [4.69, 9.17) is 6.42 Å². The van der Waals surface area contributed by atoms with E-state index in [0.717, 1.165) is 21.1 Å². The molecule has 2 aromatic rings. The third-order valence-electron chi connectivity index (χ3n) is 1.86. The van der Waals surface area contributed by atoms with Crippen molar-refractivity contribution in [1.29, 1.82) is 0 Å². The third-order valence-corrected chi connectivity index (χ3v) is 2.30. The van der Waals surface area contributed by atoms with Crippen LogP contribution in [-0.4, -0.2) is 4.98 Å². The zero-order chi connectivity index (χ0) is 9.97. The van der Waals surface area contributed by atoms with E-state index in [2.05, 4.69) is 32.3 Å². The number of nitrogens with zero attached hydrogens (tertiary/aromatic N) is 1. The summed E-state index contributed by atoms with van der Waals surface area (Å²) in [5.74, 6) is 0. The monoisotopic (exact) mass is 246 g/mol. The lowest BCUT2D eigenvalue weighted by atomic mass is 10.2. The largest absolute Gasteiger partial charge is 0.315 e. The van der Waals surface area contributed by atoms with Gasteiger partial charge in [0, 0.05) is 27.8 Å². The van der Waals surface area contributed by atoms with Gasteiger partial charge in [0.2, 0.25) is 0 Å². The topological polar surface area (TPSA) is 24.9 Å². The van der Waals surface area contributed by atoms with Crippen LogP contribution < -0.4 is 5.32 Å². The van der Waals surface area contributed by atoms with E-state index in [1.807, 2.05) is 24.3 Å². The molecule has 0 atom stereocenters. The Morgan fingerprint density at radius 1 is 1.36 bits per heavy atom. The van der Waals surface area contributed by atoms with Gasteiger partial charge < -0.3 is 5.32 Å². The highest BCUT2D eigenvalue weighted by atomic mass is 79.9. The van der Waals surface area contributed by atoms with E-state index < -0.39 is 0 Å². The highest BCUT2D eigenvalue weighted by molar-refractivity contribution is 9.10. The van der Waals surface area contributed by atoms with Gasteiger partial charge in [-0.1, -0.05) is 6.42 Å². The maximum absolute atomic E-state index is 5.15. The van der Waals surface area contributed by atoms with Crippen LogP contribution in [-0.2, 0) is 0 Å². The number of benzene rings is 1. The van der Waals surface area contributed by atoms with Crippen molar-refractivity contribution in [2.75, 3.05) is 5.32 Å². The molecule has 0 radical (unpaired) electrons. The highest BCUT2D eigenvalue weighted by Gasteiger charge is 1.97. The van der Waals surface area contributed by atoms with Crippen LogP contribution in [0.15, 0.2) is 34.9 Å². The minimum absolute atomic E-state index is 0.903. The summed E-state index contributed by atoms with van der Waals surface area (Å²) in [7, 11) is 0. The average molecular weight is 247 g/mol. The van der Waals surface area contributed by atoms with Crippen LogP contribution in [0.3, 0.4) is 0 Å². The summed E-state index contributed by atoms with van der Waals surface area (Å²) in [5, 5.41) is 3.86. The molecule has 0 unspecified atom stereocenters. The van der Waals surface area contributed by atoms with Gasteiger partial charge in [0.05, 0.1) is 5.52 Å². The molecule has 2 rings (SSSR count). The molecule has 1 N–H and O–H groups in total. The van der Waals surface area contributed by atoms with Crippen LogP contribution in [0.4, 0.5) is 5.69 Å². The van der Waals surface area contributed by atoms with Gasteiger partial charge in [-0.15, -0.1) is 0 Å². The van der Waals surface area contributed by atoms with Crippen LogP contribution in [0.5, 0.6) is 0 Å². The second-order valence-corrected chi connectivity index (χ2v) is 3.75. The van der Waals surface area contributed by atoms with Crippen molar-refractivity contribution >= 4 is 32.5 Å². The third kappa shape index (κ3) is 1.70. The van der Waals surface area contributed by atoms with Crippen molar-refractivity contribution in [3.63, 3.8) is 0 Å². The summed E-state index contributed by atoms with van der Waals surface area (Å²) in [6.45, 7) is 0. The summed E-state index contributed by atoms with van der Waals surface area (Å²) in [6.07, 6.45) is 6.92. The predicted octanol–water partition coefficient (Wildman–Crippen LogP) is 3.00. The van der Waals surface area contributed by atoms with Crippen molar-refractivity contribution in [3.05, 3.63) is 34.9 Å². The molecule has 0 aliphatic rings. The smallest absolute Gasteiger partial charge is 0.0704 e. The van der Waals surface area contributed by atoms with Gasteiger partial charge >= 0.3 is 0 Å². The van der Waals surface area contributed by atoms with Gasteiger partial charge in [0.25, 0.3) is 0 Å². The van der Waals surface area contributed by atoms with Crippen molar-refractivity contribution in [2.24, 2.45) is 0 Å². The van der Waals surface area contributed by atoms with E-state index in [-0.39, 0.29) is 0 Å². The van der Waals surface area contributed by atoms with Crippen molar-refractivity contribution in [3.8, 4) is 12.5 Å². The first kappa shape index (κ1) is 9.04. The molecule has 0 saturated heterocycles. The second kappa shape index (κ2) is 3.69. The molecule has 0 fully saturated rings. The van der Waals surface area contributed by atoms with Crippen LogP contribution in [0, 0.1) is 12.5 Å². The van der Waals surface area contributed by atoms with E-state index >= 15 is 0 Å². The first-order chi connectivity index (χ1) is 6.79. The van der Waals surface area contributed by atoms with Gasteiger partial charge in [-0.25, -0.2) is 0 Å². The molecule has 3 heteroatoms. The lowest BCUT2D eigenvalue weighted by Gasteiger charge is -2.01. The molecule has 14 heavy (non-hydrogen) atoms. The minimum Gasteiger partial charge on any atom is -0.315 e. The highest BCUT2D eigenvalue weighted by Crippen LogP contribution is 2.20. The molecule has 2 nitrogen and oxygen atoms in total. The number of aromatic nitrogens is 1. The Morgan fingerprint density at radius 2 is 2.21 bits per heavy atom. The maximum atomic E-state index is 5.15. The molecule has 1 heterocycles. The van der Waals surface area contributed by atoms with Crippen molar-refractivity contribution in [1.82, 2.24) is 4.98 Å². The minimum atomic E-state index is 0.903. The van der Waals surface area contributed by atoms with Crippen LogP contribution in [0.2, 0.25) is 0 Å². The second-order valence-electron chi connectivity index (χ2n) is 2.83. The zero-order valence-electron chi connectivity index (χ0n) is 7.29. The number of pyridine rings is 1. The Balaban J connectivity index is 2.59. The van der Waals surface area contributed by atoms with E-state index in [1.165, 1.54) is 0 Å². The fourth-order valence-corrected chi connectivity index (χ4v) is 1.61. The van der Waals surface area contributed by atoms with Crippen LogP contribution >= 0.6 is 15.9 Å². The Labute approximate surface area is 90.5 Å². The summed E-state index contributed by atoms with van der Waals surface area (Å²) >= 11 is 3.37. The Hall–Kier alpha value is -1.53. The Morgan fingerprint density at radius 3 is 3.00 bits per heavy atom. The molecule has 0 aliphatic carbocycles. The first-order valence-corrected chi connectivity index (χ1v) is 4.86. The lowest BCUT2D eigenvalue weighted by Crippen LogP contribution is -1.87. The number of hydrogen-bond acceptors (Lipinski definition) is 2. The van der Waals surface area contributed by atoms with Gasteiger partial charge in [0.1, 0.15) is 0 Å². The lowest BCUT2D eigenvalue weighted by molar-refractivity contribution is 1.39. The van der Waals surface area contributed by atoms with Gasteiger partial charge in [0.15, 0.2) is 0 Å². The quantitative estimate of drug-likeness (QED) is 0.619. The summed E-state index contributed by atoms with van der Waals surface area (Å²) in [6, 6.07) is 10.2. The molecule has 0 aliphatic heterocycles. The fraction of sp³-hybridized carbons (Fsp3) is 0. The van der Waals surface area contributed by atoms with Gasteiger partial charge in [-0.05, 0) is 40.2 Å². The van der Waals surface area contributed by atoms with Crippen LogP contribution in [0.25, 0.3) is 10.9 Å². The number of halogens is 1. The normalized spacial score (nSPS) is 9.71. The summed E-state index contributed by atoms with van der Waals surface area (Å²) in [5.41, 5.74) is 1.86. The summed E-state index contributed by atoms with van der Waals surface area (Å²) in [4.78, 5) is 4.26. The van der Waals surface area contributed by atoms with E-state index in [0.29, 0.717) is 0 Å². The Kier molecular flexibility index (Phi) is 2.38. The van der Waals surface area contributed by atoms with Crippen LogP contribution in [0.1, 0.15) is 0 Å². The molecular formula is C11H7BrN2. The average Bonchev–Trinajstić information content (AvgIpc) is 2.17. The number of rotatable bonds is 1. The molecule has 0 spiro atoms.